The Morgan fingerprint density at radius 1 is 1.11 bits per heavy atom. The molecule has 4 atom stereocenters. The van der Waals surface area contributed by atoms with E-state index in [0.29, 0.717) is 24.8 Å². The molecule has 37 heavy (non-hydrogen) atoms. The van der Waals surface area contributed by atoms with Gasteiger partial charge in [-0.05, 0) is 42.6 Å². The summed E-state index contributed by atoms with van der Waals surface area (Å²) in [6.07, 6.45) is 1.70. The number of benzene rings is 2. The first kappa shape index (κ1) is 27.2. The minimum absolute atomic E-state index is 0.0129. The number of carbonyl (C=O) groups excluding carboxylic acids is 1. The van der Waals surface area contributed by atoms with Crippen molar-refractivity contribution in [1.82, 2.24) is 4.90 Å². The molecule has 1 amide bonds. The number of aliphatic hydroxyl groups is 1. The van der Waals surface area contributed by atoms with E-state index < -0.39 is 12.3 Å². The van der Waals surface area contributed by atoms with E-state index in [-0.39, 0.29) is 37.6 Å². The second-order valence-corrected chi connectivity index (χ2v) is 9.66. The number of carboxylic acid groups (broad SMARTS) is 1. The van der Waals surface area contributed by atoms with Crippen LogP contribution in [0.3, 0.4) is 0 Å². The molecule has 2 fully saturated rings. The topological polar surface area (TPSA) is 118 Å². The molecule has 0 aliphatic carbocycles. The molecule has 200 valence electrons. The third kappa shape index (κ3) is 7.59. The van der Waals surface area contributed by atoms with Gasteiger partial charge in [0.2, 0.25) is 5.91 Å². The summed E-state index contributed by atoms with van der Waals surface area (Å²) in [4.78, 5) is 25.4. The molecule has 2 aliphatic heterocycles. The molecule has 3 N–H and O–H groups in total. The van der Waals surface area contributed by atoms with Crippen molar-refractivity contribution in [3.63, 3.8) is 0 Å². The van der Waals surface area contributed by atoms with Gasteiger partial charge >= 0.3 is 5.97 Å². The lowest BCUT2D eigenvalue weighted by atomic mass is 9.99. The van der Waals surface area contributed by atoms with Crippen LogP contribution in [0.5, 0.6) is 0 Å². The maximum atomic E-state index is 12.2. The summed E-state index contributed by atoms with van der Waals surface area (Å²) in [7, 11) is 1.73. The van der Waals surface area contributed by atoms with Gasteiger partial charge in [0.05, 0.1) is 31.8 Å². The Kier molecular flexibility index (Phi) is 9.65. The van der Waals surface area contributed by atoms with Gasteiger partial charge in [-0.1, -0.05) is 36.4 Å². The molecular weight excluding hydrogens is 476 g/mol. The first-order valence-electron chi connectivity index (χ1n) is 12.8. The number of methoxy groups -OCH3 is 1. The lowest BCUT2D eigenvalue weighted by Gasteiger charge is -2.39. The number of hydrogen-bond acceptors (Lipinski definition) is 7. The molecule has 0 bridgehead atoms. The summed E-state index contributed by atoms with van der Waals surface area (Å²) >= 11 is 0. The molecule has 0 saturated carbocycles. The van der Waals surface area contributed by atoms with E-state index in [0.717, 1.165) is 42.6 Å². The number of nitrogens with one attached hydrogen (secondary N) is 1. The Morgan fingerprint density at radius 3 is 2.65 bits per heavy atom. The molecule has 0 unspecified atom stereocenters. The largest absolute Gasteiger partial charge is 0.481 e. The molecule has 0 spiro atoms. The number of amides is 1. The monoisotopic (exact) mass is 512 g/mol. The molecule has 0 radical (unpaired) electrons. The highest BCUT2D eigenvalue weighted by atomic mass is 16.7. The molecule has 4 rings (SSSR count). The Morgan fingerprint density at radius 2 is 1.92 bits per heavy atom. The lowest BCUT2D eigenvalue weighted by molar-refractivity contribution is -0.253. The first-order valence-corrected chi connectivity index (χ1v) is 12.8. The van der Waals surface area contributed by atoms with Crippen LogP contribution in [0.1, 0.15) is 61.2 Å². The van der Waals surface area contributed by atoms with Crippen LogP contribution in [0, 0.1) is 0 Å². The third-order valence-electron chi connectivity index (χ3n) is 6.92. The Balaban J connectivity index is 1.51. The fraction of sp³-hybridized carbons (Fsp3) is 0.500. The van der Waals surface area contributed by atoms with Gasteiger partial charge < -0.3 is 29.7 Å². The van der Waals surface area contributed by atoms with Crippen molar-refractivity contribution in [3.05, 3.63) is 65.2 Å². The molecular formula is C28H36N2O7. The van der Waals surface area contributed by atoms with Gasteiger partial charge in [-0.15, -0.1) is 0 Å². The zero-order chi connectivity index (χ0) is 26.2. The summed E-state index contributed by atoms with van der Waals surface area (Å²) in [6, 6.07) is 15.4. The second-order valence-electron chi connectivity index (χ2n) is 9.66. The zero-order valence-electron chi connectivity index (χ0n) is 21.2. The quantitative estimate of drug-likeness (QED) is 0.418. The van der Waals surface area contributed by atoms with Gasteiger partial charge in [-0.2, -0.15) is 0 Å². The Hall–Kier alpha value is -2.82. The average molecular weight is 513 g/mol. The van der Waals surface area contributed by atoms with Crippen LogP contribution >= 0.6 is 0 Å². The van der Waals surface area contributed by atoms with Gasteiger partial charge in [0, 0.05) is 43.8 Å². The minimum atomic E-state index is -1.01. The van der Waals surface area contributed by atoms with Crippen LogP contribution in [0.25, 0.3) is 0 Å². The minimum Gasteiger partial charge on any atom is -0.481 e. The normalized spacial score (nSPS) is 24.2. The van der Waals surface area contributed by atoms with Crippen LogP contribution < -0.4 is 5.32 Å². The molecule has 2 aromatic rings. The van der Waals surface area contributed by atoms with Gasteiger partial charge in [-0.3, -0.25) is 14.5 Å². The standard InChI is InChI=1S/C28H36N2O7/c1-35-18-23-6-3-13-30(23)16-24-15-25(20-9-7-19(17-31)8-10-20)37-28(36-24)21-4-2-5-22(14-21)29-26(32)11-12-27(33)34/h2,4-5,7-10,14,23-25,28,31H,3,6,11-13,15-18H2,1H3,(H,29,32)(H,33,34)/t23-,24-,25+,28+/m0/s1. The number of rotatable bonds is 11. The van der Waals surface area contributed by atoms with Crippen molar-refractivity contribution >= 4 is 17.6 Å². The number of likely N-dealkylation sites (tertiary alicyclic amines) is 1. The number of carbonyl (C=O) groups is 2. The molecule has 9 heteroatoms. The van der Waals surface area contributed by atoms with Crippen molar-refractivity contribution in [1.29, 1.82) is 0 Å². The van der Waals surface area contributed by atoms with Crippen molar-refractivity contribution in [3.8, 4) is 0 Å². The zero-order valence-corrected chi connectivity index (χ0v) is 21.2. The highest BCUT2D eigenvalue weighted by Crippen LogP contribution is 2.39. The van der Waals surface area contributed by atoms with Crippen molar-refractivity contribution < 1.29 is 34.0 Å². The molecule has 2 aliphatic rings. The first-order chi connectivity index (χ1) is 17.9. The fourth-order valence-electron chi connectivity index (χ4n) is 5.02. The summed E-state index contributed by atoms with van der Waals surface area (Å²) < 4.78 is 18.3. The van der Waals surface area contributed by atoms with Crippen molar-refractivity contribution in [2.75, 3.05) is 32.1 Å². The molecule has 0 aromatic heterocycles. The molecule has 2 heterocycles. The predicted molar refractivity (Wildman–Crippen MR) is 137 cm³/mol. The summed E-state index contributed by atoms with van der Waals surface area (Å²) in [5, 5.41) is 21.0. The highest BCUT2D eigenvalue weighted by molar-refractivity contribution is 5.92. The van der Waals surface area contributed by atoms with Crippen LogP contribution in [0.15, 0.2) is 48.5 Å². The van der Waals surface area contributed by atoms with Crippen LogP contribution in [0.4, 0.5) is 5.69 Å². The number of nitrogens with zero attached hydrogens (tertiary/aromatic N) is 1. The van der Waals surface area contributed by atoms with E-state index in [1.807, 2.05) is 36.4 Å². The molecule has 2 aromatic carbocycles. The smallest absolute Gasteiger partial charge is 0.303 e. The Labute approximate surface area is 217 Å². The number of ether oxygens (including phenoxy) is 3. The SMILES string of the molecule is COC[C@@H]1CCCN1C[C@@H]1C[C@H](c2ccc(CO)cc2)O[C@H](c2cccc(NC(=O)CCC(=O)O)c2)O1. The maximum absolute atomic E-state index is 12.2. The predicted octanol–water partition coefficient (Wildman–Crippen LogP) is 3.64. The van der Waals surface area contributed by atoms with E-state index in [2.05, 4.69) is 10.2 Å². The number of hydrogen-bond donors (Lipinski definition) is 3. The van der Waals surface area contributed by atoms with Gasteiger partial charge in [-0.25, -0.2) is 0 Å². The summed E-state index contributed by atoms with van der Waals surface area (Å²) in [6.45, 7) is 2.46. The van der Waals surface area contributed by atoms with Crippen LogP contribution in [0.2, 0.25) is 0 Å². The van der Waals surface area contributed by atoms with E-state index in [1.54, 1.807) is 19.2 Å². The van der Waals surface area contributed by atoms with Crippen molar-refractivity contribution in [2.24, 2.45) is 0 Å². The lowest BCUT2D eigenvalue weighted by Crippen LogP contribution is -2.42. The van der Waals surface area contributed by atoms with Gasteiger partial charge in [0.15, 0.2) is 6.29 Å². The summed E-state index contributed by atoms with van der Waals surface area (Å²) in [5.41, 5.74) is 3.19. The fourth-order valence-corrected chi connectivity index (χ4v) is 5.02. The number of carboxylic acids is 1. The number of aliphatic hydroxyl groups excluding tert-OH is 1. The molecule has 9 nitrogen and oxygen atoms in total. The van der Waals surface area contributed by atoms with Crippen molar-refractivity contribution in [2.45, 2.75) is 63.3 Å². The van der Waals surface area contributed by atoms with Crippen LogP contribution in [-0.2, 0) is 30.4 Å². The second kappa shape index (κ2) is 13.1. The van der Waals surface area contributed by atoms with Gasteiger partial charge in [0.1, 0.15) is 0 Å². The average Bonchev–Trinajstić information content (AvgIpc) is 3.34. The number of anilines is 1. The van der Waals surface area contributed by atoms with Crippen LogP contribution in [-0.4, -0.2) is 65.9 Å². The van der Waals surface area contributed by atoms with Gasteiger partial charge in [0.25, 0.3) is 0 Å². The highest BCUT2D eigenvalue weighted by Gasteiger charge is 2.35. The van der Waals surface area contributed by atoms with E-state index in [9.17, 15) is 14.7 Å². The Bertz CT molecular complexity index is 1050. The maximum Gasteiger partial charge on any atom is 0.303 e. The van der Waals surface area contributed by atoms with E-state index >= 15 is 0 Å². The summed E-state index contributed by atoms with van der Waals surface area (Å²) in [5.74, 6) is -1.37. The number of aliphatic carboxylic acids is 1. The molecule has 2 saturated heterocycles. The van der Waals surface area contributed by atoms with E-state index in [1.165, 1.54) is 0 Å². The third-order valence-corrected chi connectivity index (χ3v) is 6.92. The van der Waals surface area contributed by atoms with E-state index in [4.69, 9.17) is 19.3 Å².